The van der Waals surface area contributed by atoms with Crippen LogP contribution >= 0.6 is 0 Å². The highest BCUT2D eigenvalue weighted by Gasteiger charge is 2.16. The second-order valence-electron chi connectivity index (χ2n) is 2.47. The van der Waals surface area contributed by atoms with Gasteiger partial charge in [-0.1, -0.05) is 0 Å². The van der Waals surface area contributed by atoms with Crippen molar-refractivity contribution in [1.29, 1.82) is 0 Å². The fraction of sp³-hybridized carbons (Fsp3) is 0.375. The van der Waals surface area contributed by atoms with E-state index >= 15 is 0 Å². The van der Waals surface area contributed by atoms with Crippen LogP contribution in [-0.4, -0.2) is 36.2 Å². The number of nitrogens with zero attached hydrogens (tertiary/aromatic N) is 1. The molecule has 12 heavy (non-hydrogen) atoms. The molecule has 1 heterocycles. The van der Waals surface area contributed by atoms with Crippen LogP contribution in [-0.2, 0) is 9.59 Å². The molecule has 0 spiro atoms. The molecule has 0 aromatic carbocycles. The van der Waals surface area contributed by atoms with Crippen molar-refractivity contribution in [3.63, 3.8) is 0 Å². The number of rotatable bonds is 5. The molecule has 1 aliphatic heterocycles. The Balaban J connectivity index is 2.16. The minimum Gasteiger partial charge on any atom is -0.358 e. The number of hydrogen-bond donors (Lipinski definition) is 1. The summed E-state index contributed by atoms with van der Waals surface area (Å²) in [5.41, 5.74) is 0. The molecule has 0 bridgehead atoms. The molecule has 1 aliphatic rings. The zero-order chi connectivity index (χ0) is 8.81. The number of carbonyl (C=O) groups excluding carboxylic acids is 2. The van der Waals surface area contributed by atoms with E-state index in [4.69, 9.17) is 0 Å². The van der Waals surface area contributed by atoms with Crippen molar-refractivity contribution in [1.82, 2.24) is 5.32 Å². The summed E-state index contributed by atoms with van der Waals surface area (Å²) in [6.45, 7) is 1.27. The van der Waals surface area contributed by atoms with E-state index in [-0.39, 0.29) is 5.91 Å². The van der Waals surface area contributed by atoms with Gasteiger partial charge in [0, 0.05) is 19.0 Å². The number of allylic oxidation sites excluding steroid dienone is 1. The molecule has 0 fully saturated rings. The van der Waals surface area contributed by atoms with Crippen LogP contribution < -0.4 is 5.32 Å². The molecule has 64 valence electrons. The van der Waals surface area contributed by atoms with Gasteiger partial charge in [-0.2, -0.15) is 4.58 Å². The summed E-state index contributed by atoms with van der Waals surface area (Å²) in [4.78, 5) is 20.8. The Kier molecular flexibility index (Phi) is 3.19. The minimum atomic E-state index is 0.0149. The molecule has 1 rings (SSSR count). The average Bonchev–Trinajstić information content (AvgIpc) is 2.46. The van der Waals surface area contributed by atoms with E-state index in [9.17, 15) is 9.59 Å². The Morgan fingerprint density at radius 3 is 3.00 bits per heavy atom. The third kappa shape index (κ3) is 2.30. The summed E-state index contributed by atoms with van der Waals surface area (Å²) in [5.74, 6) is 0.0149. The smallest absolute Gasteiger partial charge is 0.358 e. The number of amides is 2. The SMILES string of the molecule is O=CNCCC[N+]1=CC=CC1=O. The molecule has 4 nitrogen and oxygen atoms in total. The lowest BCUT2D eigenvalue weighted by Crippen LogP contribution is -2.21. The molecule has 0 aromatic rings. The number of hydrogen-bond acceptors (Lipinski definition) is 2. The van der Waals surface area contributed by atoms with Gasteiger partial charge < -0.3 is 5.32 Å². The van der Waals surface area contributed by atoms with E-state index in [1.807, 2.05) is 0 Å². The lowest BCUT2D eigenvalue weighted by Gasteiger charge is -1.95. The maximum absolute atomic E-state index is 11.0. The van der Waals surface area contributed by atoms with Gasteiger partial charge in [-0.05, 0) is 0 Å². The van der Waals surface area contributed by atoms with Gasteiger partial charge in [0.2, 0.25) is 6.41 Å². The van der Waals surface area contributed by atoms with Gasteiger partial charge >= 0.3 is 5.91 Å². The molecule has 0 aliphatic carbocycles. The van der Waals surface area contributed by atoms with Crippen molar-refractivity contribution in [2.75, 3.05) is 13.1 Å². The summed E-state index contributed by atoms with van der Waals surface area (Å²) >= 11 is 0. The highest BCUT2D eigenvalue weighted by atomic mass is 16.2. The third-order valence-corrected chi connectivity index (χ3v) is 1.59. The van der Waals surface area contributed by atoms with Crippen molar-refractivity contribution in [3.8, 4) is 0 Å². The lowest BCUT2D eigenvalue weighted by atomic mass is 10.4. The van der Waals surface area contributed by atoms with Crippen LogP contribution in [0.5, 0.6) is 0 Å². The monoisotopic (exact) mass is 167 g/mol. The van der Waals surface area contributed by atoms with Crippen LogP contribution in [0, 0.1) is 0 Å². The number of nitrogens with one attached hydrogen (secondary N) is 1. The van der Waals surface area contributed by atoms with Crippen molar-refractivity contribution in [2.45, 2.75) is 6.42 Å². The molecule has 4 heteroatoms. The van der Waals surface area contributed by atoms with Crippen LogP contribution in [0.3, 0.4) is 0 Å². The van der Waals surface area contributed by atoms with Crippen LogP contribution in [0.4, 0.5) is 0 Å². The average molecular weight is 167 g/mol. The molecule has 0 radical (unpaired) electrons. The minimum absolute atomic E-state index is 0.0149. The van der Waals surface area contributed by atoms with Crippen molar-refractivity contribution < 1.29 is 14.2 Å². The van der Waals surface area contributed by atoms with Gasteiger partial charge in [0.05, 0.1) is 6.08 Å². The fourth-order valence-corrected chi connectivity index (χ4v) is 0.994. The zero-order valence-corrected chi connectivity index (χ0v) is 6.69. The second kappa shape index (κ2) is 4.43. The predicted octanol–water partition coefficient (Wildman–Crippen LogP) is -0.698. The molecule has 0 atom stereocenters. The van der Waals surface area contributed by atoms with E-state index < -0.39 is 0 Å². The zero-order valence-electron chi connectivity index (χ0n) is 6.69. The Labute approximate surface area is 70.6 Å². The molecule has 2 amide bonds. The maximum Gasteiger partial charge on any atom is 0.412 e. The molecule has 0 saturated heterocycles. The Hall–Kier alpha value is -1.45. The summed E-state index contributed by atoms with van der Waals surface area (Å²) in [6.07, 6.45) is 6.42. The highest BCUT2D eigenvalue weighted by Crippen LogP contribution is 1.90. The van der Waals surface area contributed by atoms with Gasteiger partial charge in [0.15, 0.2) is 12.8 Å². The van der Waals surface area contributed by atoms with Gasteiger partial charge in [0.1, 0.15) is 0 Å². The summed E-state index contributed by atoms with van der Waals surface area (Å²) in [5, 5.41) is 2.53. The number of carbonyl (C=O) groups is 2. The molecule has 1 N–H and O–H groups in total. The Bertz CT molecular complexity index is 243. The summed E-state index contributed by atoms with van der Waals surface area (Å²) < 4.78 is 1.62. The van der Waals surface area contributed by atoms with Crippen molar-refractivity contribution in [2.24, 2.45) is 0 Å². The molecular formula is C8H11N2O2+. The quantitative estimate of drug-likeness (QED) is 0.334. The van der Waals surface area contributed by atoms with Crippen LogP contribution in [0.15, 0.2) is 12.2 Å². The predicted molar refractivity (Wildman–Crippen MR) is 44.0 cm³/mol. The molecule has 0 unspecified atom stereocenters. The lowest BCUT2D eigenvalue weighted by molar-refractivity contribution is -0.436. The first kappa shape index (κ1) is 8.64. The Morgan fingerprint density at radius 1 is 1.58 bits per heavy atom. The van der Waals surface area contributed by atoms with E-state index in [0.29, 0.717) is 19.5 Å². The van der Waals surface area contributed by atoms with E-state index in [0.717, 1.165) is 6.42 Å². The van der Waals surface area contributed by atoms with E-state index in [1.54, 1.807) is 16.9 Å². The van der Waals surface area contributed by atoms with Crippen LogP contribution in [0.25, 0.3) is 0 Å². The first-order chi connectivity index (χ1) is 5.84. The van der Waals surface area contributed by atoms with Crippen molar-refractivity contribution in [3.05, 3.63) is 12.2 Å². The van der Waals surface area contributed by atoms with Crippen molar-refractivity contribution >= 4 is 18.5 Å². The topological polar surface area (TPSA) is 49.2 Å². The van der Waals surface area contributed by atoms with Gasteiger partial charge in [0.25, 0.3) is 0 Å². The fourth-order valence-electron chi connectivity index (χ4n) is 0.994. The first-order valence-electron chi connectivity index (χ1n) is 3.84. The van der Waals surface area contributed by atoms with Crippen LogP contribution in [0.2, 0.25) is 0 Å². The van der Waals surface area contributed by atoms with E-state index in [2.05, 4.69) is 5.32 Å². The Morgan fingerprint density at radius 2 is 2.42 bits per heavy atom. The first-order valence-corrected chi connectivity index (χ1v) is 3.84. The largest absolute Gasteiger partial charge is 0.412 e. The van der Waals surface area contributed by atoms with Crippen LogP contribution in [0.1, 0.15) is 6.42 Å². The highest BCUT2D eigenvalue weighted by molar-refractivity contribution is 5.93. The summed E-state index contributed by atoms with van der Waals surface area (Å²) in [6, 6.07) is 0. The van der Waals surface area contributed by atoms with E-state index in [1.165, 1.54) is 6.08 Å². The van der Waals surface area contributed by atoms with Gasteiger partial charge in [-0.15, -0.1) is 0 Å². The maximum atomic E-state index is 11.0. The third-order valence-electron chi connectivity index (χ3n) is 1.59. The normalized spacial score (nSPS) is 14.7. The molecular weight excluding hydrogens is 156 g/mol. The van der Waals surface area contributed by atoms with Gasteiger partial charge in [-0.3, -0.25) is 4.79 Å². The summed E-state index contributed by atoms with van der Waals surface area (Å²) in [7, 11) is 0. The standard InChI is InChI=1S/C8H10N2O2/c11-7-9-4-2-6-10-5-1-3-8(10)12/h1,3,5,7H,2,4,6H2/p+1. The molecule has 0 aromatic heterocycles. The molecule has 0 saturated carbocycles. The second-order valence-corrected chi connectivity index (χ2v) is 2.47. The van der Waals surface area contributed by atoms with Gasteiger partial charge in [-0.25, -0.2) is 4.79 Å².